The number of benzene rings is 2. The minimum Gasteiger partial charge on any atom is -0.494 e. The molecule has 5 nitrogen and oxygen atoms in total. The molecule has 134 valence electrons. The van der Waals surface area contributed by atoms with Gasteiger partial charge in [0.15, 0.2) is 0 Å². The normalized spacial score (nSPS) is 10.5. The van der Waals surface area contributed by atoms with E-state index in [9.17, 15) is 4.79 Å². The SMILES string of the molecule is Cc1oc(-c2ccccc2)nc1COC(=O)CCCOc1ccccc1. The van der Waals surface area contributed by atoms with Gasteiger partial charge in [-0.3, -0.25) is 4.79 Å². The zero-order valence-electron chi connectivity index (χ0n) is 14.7. The smallest absolute Gasteiger partial charge is 0.306 e. The Hall–Kier alpha value is -3.08. The van der Waals surface area contributed by atoms with Crippen LogP contribution in [0, 0.1) is 6.92 Å². The number of esters is 1. The molecule has 0 N–H and O–H groups in total. The molecule has 0 saturated heterocycles. The van der Waals surface area contributed by atoms with Crippen LogP contribution in [-0.4, -0.2) is 17.6 Å². The van der Waals surface area contributed by atoms with Crippen LogP contribution in [0.15, 0.2) is 65.1 Å². The van der Waals surface area contributed by atoms with Crippen LogP contribution < -0.4 is 4.74 Å². The molecule has 26 heavy (non-hydrogen) atoms. The minimum absolute atomic E-state index is 0.112. The molecule has 0 fully saturated rings. The van der Waals surface area contributed by atoms with Crippen molar-refractivity contribution in [1.29, 1.82) is 0 Å². The standard InChI is InChI=1S/C21H21NO4/c1-16-19(22-21(26-16)17-9-4-2-5-10-17)15-25-20(23)13-8-14-24-18-11-6-3-7-12-18/h2-7,9-12H,8,13-15H2,1H3. The molecule has 0 amide bonds. The van der Waals surface area contributed by atoms with E-state index < -0.39 is 0 Å². The van der Waals surface area contributed by atoms with Crippen LogP contribution in [0.5, 0.6) is 5.75 Å². The van der Waals surface area contributed by atoms with Crippen LogP contribution in [0.4, 0.5) is 0 Å². The second-order valence-corrected chi connectivity index (χ2v) is 5.81. The largest absolute Gasteiger partial charge is 0.494 e. The van der Waals surface area contributed by atoms with Gasteiger partial charge in [0.25, 0.3) is 0 Å². The van der Waals surface area contributed by atoms with Gasteiger partial charge in [0, 0.05) is 12.0 Å². The molecule has 3 aromatic rings. The van der Waals surface area contributed by atoms with Crippen LogP contribution in [-0.2, 0) is 16.1 Å². The molecule has 0 unspecified atom stereocenters. The van der Waals surface area contributed by atoms with Crippen molar-refractivity contribution in [3.8, 4) is 17.2 Å². The number of oxazole rings is 1. The average Bonchev–Trinajstić information content (AvgIpc) is 3.06. The molecule has 0 saturated carbocycles. The number of hydrogen-bond donors (Lipinski definition) is 0. The van der Waals surface area contributed by atoms with Gasteiger partial charge in [0.2, 0.25) is 5.89 Å². The van der Waals surface area contributed by atoms with Gasteiger partial charge in [0.1, 0.15) is 23.8 Å². The van der Waals surface area contributed by atoms with Gasteiger partial charge < -0.3 is 13.9 Å². The zero-order valence-corrected chi connectivity index (χ0v) is 14.7. The maximum Gasteiger partial charge on any atom is 0.306 e. The number of rotatable bonds is 8. The highest BCUT2D eigenvalue weighted by Crippen LogP contribution is 2.21. The van der Waals surface area contributed by atoms with Crippen molar-refractivity contribution in [1.82, 2.24) is 4.98 Å². The zero-order chi connectivity index (χ0) is 18.2. The topological polar surface area (TPSA) is 61.6 Å². The fourth-order valence-corrected chi connectivity index (χ4v) is 2.41. The Bertz CT molecular complexity index is 828. The molecule has 3 rings (SSSR count). The van der Waals surface area contributed by atoms with E-state index in [-0.39, 0.29) is 12.6 Å². The third-order valence-electron chi connectivity index (χ3n) is 3.82. The molecular weight excluding hydrogens is 330 g/mol. The number of para-hydroxylation sites is 1. The Morgan fingerprint density at radius 1 is 1.04 bits per heavy atom. The van der Waals surface area contributed by atoms with E-state index in [2.05, 4.69) is 4.98 Å². The van der Waals surface area contributed by atoms with Gasteiger partial charge in [-0.05, 0) is 37.6 Å². The highest BCUT2D eigenvalue weighted by Gasteiger charge is 2.13. The number of carbonyl (C=O) groups excluding carboxylic acids is 1. The Morgan fingerprint density at radius 2 is 1.73 bits per heavy atom. The van der Waals surface area contributed by atoms with Crippen molar-refractivity contribution < 1.29 is 18.7 Å². The van der Waals surface area contributed by atoms with E-state index in [1.807, 2.05) is 67.6 Å². The lowest BCUT2D eigenvalue weighted by molar-refractivity contribution is -0.145. The lowest BCUT2D eigenvalue weighted by Crippen LogP contribution is -2.08. The maximum absolute atomic E-state index is 11.9. The summed E-state index contributed by atoms with van der Waals surface area (Å²) in [6.07, 6.45) is 0.899. The molecule has 0 aliphatic carbocycles. The van der Waals surface area contributed by atoms with Crippen LogP contribution in [0.1, 0.15) is 24.3 Å². The molecule has 0 radical (unpaired) electrons. The highest BCUT2D eigenvalue weighted by molar-refractivity contribution is 5.69. The number of carbonyl (C=O) groups is 1. The van der Waals surface area contributed by atoms with Crippen LogP contribution in [0.25, 0.3) is 11.5 Å². The summed E-state index contributed by atoms with van der Waals surface area (Å²) in [7, 11) is 0. The molecule has 5 heteroatoms. The number of ether oxygens (including phenoxy) is 2. The summed E-state index contributed by atoms with van der Waals surface area (Å²) < 4.78 is 16.5. The first-order valence-electron chi connectivity index (χ1n) is 8.57. The Labute approximate surface area is 152 Å². The summed E-state index contributed by atoms with van der Waals surface area (Å²) in [4.78, 5) is 16.3. The van der Waals surface area contributed by atoms with E-state index in [0.717, 1.165) is 11.3 Å². The van der Waals surface area contributed by atoms with Gasteiger partial charge in [0.05, 0.1) is 6.61 Å². The van der Waals surface area contributed by atoms with Crippen molar-refractivity contribution >= 4 is 5.97 Å². The first-order valence-corrected chi connectivity index (χ1v) is 8.57. The molecule has 0 atom stereocenters. The fourth-order valence-electron chi connectivity index (χ4n) is 2.41. The van der Waals surface area contributed by atoms with Gasteiger partial charge in [-0.25, -0.2) is 4.98 Å². The van der Waals surface area contributed by atoms with Gasteiger partial charge in [-0.15, -0.1) is 0 Å². The molecule has 2 aromatic carbocycles. The summed E-state index contributed by atoms with van der Waals surface area (Å²) >= 11 is 0. The lowest BCUT2D eigenvalue weighted by Gasteiger charge is -2.06. The van der Waals surface area contributed by atoms with Gasteiger partial charge in [-0.2, -0.15) is 0 Å². The second-order valence-electron chi connectivity index (χ2n) is 5.81. The molecular formula is C21H21NO4. The van der Waals surface area contributed by atoms with Crippen molar-refractivity contribution in [3.63, 3.8) is 0 Å². The third kappa shape index (κ3) is 4.96. The molecule has 0 spiro atoms. The first-order chi connectivity index (χ1) is 12.7. The summed E-state index contributed by atoms with van der Waals surface area (Å²) in [6, 6.07) is 19.1. The number of aryl methyl sites for hydroxylation is 1. The number of nitrogens with zero attached hydrogens (tertiary/aromatic N) is 1. The fraction of sp³-hybridized carbons (Fsp3) is 0.238. The maximum atomic E-state index is 11.9. The van der Waals surface area contributed by atoms with Crippen LogP contribution in [0.3, 0.4) is 0 Å². The van der Waals surface area contributed by atoms with E-state index >= 15 is 0 Å². The van der Waals surface area contributed by atoms with Crippen molar-refractivity contribution in [2.75, 3.05) is 6.61 Å². The van der Waals surface area contributed by atoms with E-state index in [4.69, 9.17) is 13.9 Å². The van der Waals surface area contributed by atoms with E-state index in [1.54, 1.807) is 0 Å². The first kappa shape index (κ1) is 17.7. The molecule has 1 heterocycles. The number of hydrogen-bond acceptors (Lipinski definition) is 5. The third-order valence-corrected chi connectivity index (χ3v) is 3.82. The predicted molar refractivity (Wildman–Crippen MR) is 97.6 cm³/mol. The summed E-state index contributed by atoms with van der Waals surface area (Å²) in [5.74, 6) is 1.72. The average molecular weight is 351 g/mol. The summed E-state index contributed by atoms with van der Waals surface area (Å²) in [6.45, 7) is 2.40. The Balaban J connectivity index is 1.42. The molecule has 0 bridgehead atoms. The van der Waals surface area contributed by atoms with E-state index in [1.165, 1.54) is 0 Å². The quantitative estimate of drug-likeness (QED) is 0.440. The molecule has 0 aliphatic heterocycles. The summed E-state index contributed by atoms with van der Waals surface area (Å²) in [5, 5.41) is 0. The minimum atomic E-state index is -0.273. The number of aromatic nitrogens is 1. The Kier molecular flexibility index (Phi) is 6.04. The Morgan fingerprint density at radius 3 is 2.46 bits per heavy atom. The van der Waals surface area contributed by atoms with Gasteiger partial charge >= 0.3 is 5.97 Å². The van der Waals surface area contributed by atoms with Crippen molar-refractivity contribution in [2.45, 2.75) is 26.4 Å². The summed E-state index contributed by atoms with van der Waals surface area (Å²) in [5.41, 5.74) is 1.53. The van der Waals surface area contributed by atoms with Crippen molar-refractivity contribution in [2.24, 2.45) is 0 Å². The second kappa shape index (κ2) is 8.85. The van der Waals surface area contributed by atoms with E-state index in [0.29, 0.717) is 36.8 Å². The van der Waals surface area contributed by atoms with Crippen LogP contribution in [0.2, 0.25) is 0 Å². The molecule has 1 aromatic heterocycles. The van der Waals surface area contributed by atoms with Crippen LogP contribution >= 0.6 is 0 Å². The lowest BCUT2D eigenvalue weighted by atomic mass is 10.2. The highest BCUT2D eigenvalue weighted by atomic mass is 16.5. The monoisotopic (exact) mass is 351 g/mol. The van der Waals surface area contributed by atoms with Crippen molar-refractivity contribution in [3.05, 3.63) is 72.1 Å². The molecule has 0 aliphatic rings. The predicted octanol–water partition coefficient (Wildman–Crippen LogP) is 4.55. The van der Waals surface area contributed by atoms with Gasteiger partial charge in [-0.1, -0.05) is 36.4 Å².